The highest BCUT2D eigenvalue weighted by atomic mass is 16.6. The summed E-state index contributed by atoms with van der Waals surface area (Å²) < 4.78 is 7.27. The Hall–Kier alpha value is -2.87. The zero-order valence-corrected chi connectivity index (χ0v) is 14.8. The molecule has 0 saturated carbocycles. The number of benzene rings is 1. The number of likely N-dealkylation sites (tertiary alicyclic amines) is 1. The second kappa shape index (κ2) is 7.57. The first kappa shape index (κ1) is 17.9. The van der Waals surface area contributed by atoms with E-state index in [0.29, 0.717) is 11.4 Å². The maximum Gasteiger partial charge on any atom is 0.271 e. The van der Waals surface area contributed by atoms with Crippen molar-refractivity contribution in [3.63, 3.8) is 0 Å². The number of non-ortho nitro benzene ring substituents is 1. The summed E-state index contributed by atoms with van der Waals surface area (Å²) >= 11 is 0. The Kier molecular flexibility index (Phi) is 5.22. The van der Waals surface area contributed by atoms with E-state index < -0.39 is 4.92 Å². The van der Waals surface area contributed by atoms with Gasteiger partial charge in [0.1, 0.15) is 5.75 Å². The first-order valence-electron chi connectivity index (χ1n) is 8.47. The maximum absolute atomic E-state index is 12.5. The molecule has 2 heterocycles. The minimum absolute atomic E-state index is 0.0936. The van der Waals surface area contributed by atoms with Gasteiger partial charge in [0.2, 0.25) is 5.91 Å². The molecule has 1 fully saturated rings. The van der Waals surface area contributed by atoms with Gasteiger partial charge in [0.05, 0.1) is 30.3 Å². The first-order chi connectivity index (χ1) is 12.5. The predicted molar refractivity (Wildman–Crippen MR) is 97.2 cm³/mol. The van der Waals surface area contributed by atoms with Crippen LogP contribution in [-0.4, -0.2) is 40.5 Å². The number of rotatable bonds is 6. The third-order valence-electron chi connectivity index (χ3n) is 4.70. The number of carbonyl (C=O) groups is 1. The van der Waals surface area contributed by atoms with E-state index in [2.05, 4.69) is 20.9 Å². The lowest BCUT2D eigenvalue weighted by Gasteiger charge is -2.24. The van der Waals surface area contributed by atoms with Crippen LogP contribution in [0, 0.1) is 10.1 Å². The number of nitro groups is 1. The molecule has 1 aliphatic heterocycles. The van der Waals surface area contributed by atoms with Crippen molar-refractivity contribution in [2.24, 2.45) is 7.05 Å². The van der Waals surface area contributed by atoms with Gasteiger partial charge in [0.25, 0.3) is 5.69 Å². The first-order valence-corrected chi connectivity index (χ1v) is 8.47. The summed E-state index contributed by atoms with van der Waals surface area (Å²) in [6.45, 7) is 1.07. The molecule has 0 radical (unpaired) electrons. The molecule has 0 unspecified atom stereocenters. The fraction of sp³-hybridized carbons (Fsp3) is 0.389. The summed E-state index contributed by atoms with van der Waals surface area (Å²) in [5.74, 6) is 0.175. The molecule has 1 aromatic carbocycles. The van der Waals surface area contributed by atoms with Gasteiger partial charge < -0.3 is 14.6 Å². The predicted octanol–water partition coefficient (Wildman–Crippen LogP) is 2.72. The van der Waals surface area contributed by atoms with E-state index in [1.54, 1.807) is 0 Å². The van der Waals surface area contributed by atoms with Crippen molar-refractivity contribution in [2.75, 3.05) is 25.5 Å². The molecule has 26 heavy (non-hydrogen) atoms. The number of methoxy groups -OCH3 is 1. The topological polar surface area (TPSA) is 89.6 Å². The van der Waals surface area contributed by atoms with E-state index in [-0.39, 0.29) is 24.2 Å². The van der Waals surface area contributed by atoms with Crippen LogP contribution in [0.2, 0.25) is 0 Å². The molecule has 1 aromatic heterocycles. The summed E-state index contributed by atoms with van der Waals surface area (Å²) in [5.41, 5.74) is 1.40. The van der Waals surface area contributed by atoms with Crippen molar-refractivity contribution in [3.05, 3.63) is 52.3 Å². The number of carbonyl (C=O) groups excluding carboxylic acids is 1. The Balaban J connectivity index is 1.72. The number of ether oxygens (including phenoxy) is 1. The van der Waals surface area contributed by atoms with E-state index in [4.69, 9.17) is 4.74 Å². The normalized spacial score (nSPS) is 17.2. The van der Waals surface area contributed by atoms with Crippen LogP contribution in [0.4, 0.5) is 11.4 Å². The van der Waals surface area contributed by atoms with Crippen LogP contribution in [0.3, 0.4) is 0 Å². The summed E-state index contributed by atoms with van der Waals surface area (Å²) in [6.07, 6.45) is 4.04. The molecule has 0 aliphatic carbocycles. The quantitative estimate of drug-likeness (QED) is 0.633. The van der Waals surface area contributed by atoms with Gasteiger partial charge in [-0.15, -0.1) is 0 Å². The SMILES string of the molecule is COc1ccc([N+](=O)[O-])cc1NC(=O)CN1CCC[C@@H]1c1cccn1C. The molecule has 1 N–H and O–H groups in total. The third kappa shape index (κ3) is 3.70. The highest BCUT2D eigenvalue weighted by Crippen LogP contribution is 2.32. The number of hydrogen-bond donors (Lipinski definition) is 1. The molecular formula is C18H22N4O4. The van der Waals surface area contributed by atoms with Crippen LogP contribution in [0.25, 0.3) is 0 Å². The fourth-order valence-corrected chi connectivity index (χ4v) is 3.45. The molecule has 1 amide bonds. The van der Waals surface area contributed by atoms with Crippen molar-refractivity contribution in [1.82, 2.24) is 9.47 Å². The van der Waals surface area contributed by atoms with Crippen molar-refractivity contribution in [2.45, 2.75) is 18.9 Å². The second-order valence-electron chi connectivity index (χ2n) is 6.36. The molecule has 0 bridgehead atoms. The van der Waals surface area contributed by atoms with Crippen LogP contribution < -0.4 is 10.1 Å². The van der Waals surface area contributed by atoms with Gasteiger partial charge in [-0.05, 0) is 37.6 Å². The summed E-state index contributed by atoms with van der Waals surface area (Å²) in [5, 5.41) is 13.7. The molecule has 3 rings (SSSR count). The molecule has 0 spiro atoms. The largest absolute Gasteiger partial charge is 0.495 e. The van der Waals surface area contributed by atoms with E-state index in [1.807, 2.05) is 19.3 Å². The Morgan fingerprint density at radius 1 is 1.42 bits per heavy atom. The third-order valence-corrected chi connectivity index (χ3v) is 4.70. The highest BCUT2D eigenvalue weighted by molar-refractivity contribution is 5.94. The van der Waals surface area contributed by atoms with Gasteiger partial charge in [-0.3, -0.25) is 19.8 Å². The molecule has 1 saturated heterocycles. The number of nitrogens with zero attached hydrogens (tertiary/aromatic N) is 3. The molecule has 1 aliphatic rings. The second-order valence-corrected chi connectivity index (χ2v) is 6.36. The van der Waals surface area contributed by atoms with E-state index in [1.165, 1.54) is 31.0 Å². The average molecular weight is 358 g/mol. The molecule has 8 nitrogen and oxygen atoms in total. The number of aryl methyl sites for hydroxylation is 1. The van der Waals surface area contributed by atoms with Gasteiger partial charge in [0, 0.05) is 31.1 Å². The lowest BCUT2D eigenvalue weighted by Crippen LogP contribution is -2.33. The van der Waals surface area contributed by atoms with Gasteiger partial charge in [0.15, 0.2) is 0 Å². The van der Waals surface area contributed by atoms with Crippen molar-refractivity contribution in [3.8, 4) is 5.75 Å². The lowest BCUT2D eigenvalue weighted by atomic mass is 10.1. The lowest BCUT2D eigenvalue weighted by molar-refractivity contribution is -0.384. The van der Waals surface area contributed by atoms with Crippen LogP contribution in [0.1, 0.15) is 24.6 Å². The molecule has 1 atom stereocenters. The van der Waals surface area contributed by atoms with Crippen molar-refractivity contribution < 1.29 is 14.5 Å². The van der Waals surface area contributed by atoms with Crippen LogP contribution in [-0.2, 0) is 11.8 Å². The standard InChI is InChI=1S/C18H22N4O4/c1-20-9-3-5-15(20)16-6-4-10-21(16)12-18(23)19-14-11-13(22(24)25)7-8-17(14)26-2/h3,5,7-9,11,16H,4,6,10,12H2,1-2H3,(H,19,23)/t16-/m1/s1. The average Bonchev–Trinajstić information content (AvgIpc) is 3.23. The Labute approximate surface area is 151 Å². The Morgan fingerprint density at radius 2 is 2.23 bits per heavy atom. The molecule has 2 aromatic rings. The van der Waals surface area contributed by atoms with Gasteiger partial charge >= 0.3 is 0 Å². The number of anilines is 1. The van der Waals surface area contributed by atoms with Crippen LogP contribution in [0.5, 0.6) is 5.75 Å². The zero-order valence-electron chi connectivity index (χ0n) is 14.8. The van der Waals surface area contributed by atoms with Crippen LogP contribution >= 0.6 is 0 Å². The highest BCUT2D eigenvalue weighted by Gasteiger charge is 2.29. The summed E-state index contributed by atoms with van der Waals surface area (Å²) in [7, 11) is 3.46. The Morgan fingerprint density at radius 3 is 2.88 bits per heavy atom. The number of amides is 1. The Bertz CT molecular complexity index is 817. The number of nitrogens with one attached hydrogen (secondary N) is 1. The maximum atomic E-state index is 12.5. The molecular weight excluding hydrogens is 336 g/mol. The van der Waals surface area contributed by atoms with Gasteiger partial charge in [-0.1, -0.05) is 0 Å². The van der Waals surface area contributed by atoms with Crippen molar-refractivity contribution >= 4 is 17.3 Å². The monoisotopic (exact) mass is 358 g/mol. The molecule has 138 valence electrons. The number of hydrogen-bond acceptors (Lipinski definition) is 5. The number of nitro benzene ring substituents is 1. The van der Waals surface area contributed by atoms with E-state index >= 15 is 0 Å². The van der Waals surface area contributed by atoms with E-state index in [0.717, 1.165) is 19.4 Å². The van der Waals surface area contributed by atoms with Gasteiger partial charge in [-0.2, -0.15) is 0 Å². The van der Waals surface area contributed by atoms with Crippen molar-refractivity contribution in [1.29, 1.82) is 0 Å². The van der Waals surface area contributed by atoms with Gasteiger partial charge in [-0.25, -0.2) is 0 Å². The summed E-state index contributed by atoms with van der Waals surface area (Å²) in [4.78, 5) is 25.1. The smallest absolute Gasteiger partial charge is 0.271 e. The number of aromatic nitrogens is 1. The van der Waals surface area contributed by atoms with Crippen LogP contribution in [0.15, 0.2) is 36.5 Å². The minimum atomic E-state index is -0.499. The summed E-state index contributed by atoms with van der Waals surface area (Å²) in [6, 6.07) is 8.42. The minimum Gasteiger partial charge on any atom is -0.495 e. The zero-order chi connectivity index (χ0) is 18.7. The van der Waals surface area contributed by atoms with E-state index in [9.17, 15) is 14.9 Å². The fourth-order valence-electron chi connectivity index (χ4n) is 3.45. The molecule has 8 heteroatoms.